The number of amides is 1. The molecule has 1 aromatic carbocycles. The highest BCUT2D eigenvalue weighted by Crippen LogP contribution is 2.23. The van der Waals surface area contributed by atoms with E-state index in [0.717, 1.165) is 42.7 Å². The second-order valence-corrected chi connectivity index (χ2v) is 10.5. The third kappa shape index (κ3) is 13.1. The van der Waals surface area contributed by atoms with E-state index in [1.807, 2.05) is 36.0 Å². The first-order chi connectivity index (χ1) is 16.1. The van der Waals surface area contributed by atoms with Crippen LogP contribution in [0, 0.1) is 5.92 Å². The Kier molecular flexibility index (Phi) is 14.1. The number of carbonyl (C=O) groups excluding carboxylic acids is 2. The zero-order valence-electron chi connectivity index (χ0n) is 21.8. The molecule has 3 atom stereocenters. The van der Waals surface area contributed by atoms with Crippen molar-refractivity contribution in [3.8, 4) is 5.75 Å². The highest BCUT2D eigenvalue weighted by Gasteiger charge is 2.25. The first kappa shape index (κ1) is 30.1. The van der Waals surface area contributed by atoms with Gasteiger partial charge in [-0.1, -0.05) is 25.0 Å². The number of hydrogen-bond donors (Lipinski definition) is 1. The Bertz CT molecular complexity index is 719. The van der Waals surface area contributed by atoms with Crippen LogP contribution in [-0.4, -0.2) is 56.0 Å². The lowest BCUT2D eigenvalue weighted by atomic mass is 9.92. The molecule has 0 aromatic heterocycles. The Morgan fingerprint density at radius 1 is 1.06 bits per heavy atom. The molecule has 0 heterocycles. The number of ether oxygens (including phenoxy) is 4. The van der Waals surface area contributed by atoms with Crippen LogP contribution in [0.15, 0.2) is 24.3 Å². The van der Waals surface area contributed by atoms with Gasteiger partial charge >= 0.3 is 12.1 Å². The van der Waals surface area contributed by atoms with Gasteiger partial charge in [0.15, 0.2) is 0 Å². The van der Waals surface area contributed by atoms with Crippen molar-refractivity contribution in [1.29, 1.82) is 0 Å². The number of carbonyl (C=O) groups is 2. The summed E-state index contributed by atoms with van der Waals surface area (Å²) in [7, 11) is 2.98. The van der Waals surface area contributed by atoms with Crippen LogP contribution < -0.4 is 10.1 Å². The number of hydrogen-bond acceptors (Lipinski definition) is 7. The summed E-state index contributed by atoms with van der Waals surface area (Å²) in [6.07, 6.45) is 5.88. The van der Waals surface area contributed by atoms with Crippen LogP contribution in [0.5, 0.6) is 5.75 Å². The van der Waals surface area contributed by atoms with E-state index in [0.29, 0.717) is 18.9 Å². The van der Waals surface area contributed by atoms with Crippen molar-refractivity contribution in [1.82, 2.24) is 5.32 Å². The summed E-state index contributed by atoms with van der Waals surface area (Å²) in [6.45, 7) is 8.03. The standard InChI is InChI=1S/C26H43NO6S/c1-19(32-18-21-11-13-22(30-5)14-12-21)17-20(15-16-34-7)9-8-10-23(24(28)31-6)27-25(29)33-26(2,3)4/h11-14,19-20,23H,8-10,15-18H2,1-7H3,(H,27,29). The number of benzene rings is 1. The average Bonchev–Trinajstić information content (AvgIpc) is 2.78. The van der Waals surface area contributed by atoms with Crippen LogP contribution in [0.4, 0.5) is 4.79 Å². The molecule has 34 heavy (non-hydrogen) atoms. The van der Waals surface area contributed by atoms with Crippen molar-refractivity contribution in [3.63, 3.8) is 0 Å². The summed E-state index contributed by atoms with van der Waals surface area (Å²) in [4.78, 5) is 24.3. The molecule has 0 aliphatic heterocycles. The number of nitrogens with one attached hydrogen (secondary N) is 1. The minimum Gasteiger partial charge on any atom is -0.497 e. The maximum atomic E-state index is 12.2. The number of esters is 1. The third-order valence-corrected chi connectivity index (χ3v) is 6.01. The van der Waals surface area contributed by atoms with Gasteiger partial charge in [0.05, 0.1) is 26.9 Å². The summed E-state index contributed by atoms with van der Waals surface area (Å²) in [6, 6.07) is 7.19. The molecule has 0 saturated heterocycles. The van der Waals surface area contributed by atoms with Gasteiger partial charge in [-0.25, -0.2) is 9.59 Å². The molecule has 0 spiro atoms. The third-order valence-electron chi connectivity index (χ3n) is 5.37. The van der Waals surface area contributed by atoms with E-state index in [1.165, 1.54) is 7.11 Å². The summed E-state index contributed by atoms with van der Waals surface area (Å²) in [5.74, 6) is 1.92. The zero-order valence-corrected chi connectivity index (χ0v) is 22.7. The second-order valence-electron chi connectivity index (χ2n) is 9.51. The number of rotatable bonds is 15. The maximum Gasteiger partial charge on any atom is 0.408 e. The lowest BCUT2D eigenvalue weighted by Gasteiger charge is -2.24. The lowest BCUT2D eigenvalue weighted by molar-refractivity contribution is -0.143. The molecule has 0 saturated carbocycles. The predicted molar refractivity (Wildman–Crippen MR) is 137 cm³/mol. The Balaban J connectivity index is 2.57. The molecule has 0 radical (unpaired) electrons. The monoisotopic (exact) mass is 497 g/mol. The van der Waals surface area contributed by atoms with Crippen molar-refractivity contribution >= 4 is 23.8 Å². The molecule has 1 amide bonds. The van der Waals surface area contributed by atoms with E-state index >= 15 is 0 Å². The van der Waals surface area contributed by atoms with Crippen LogP contribution in [0.3, 0.4) is 0 Å². The van der Waals surface area contributed by atoms with E-state index < -0.39 is 23.7 Å². The van der Waals surface area contributed by atoms with Crippen molar-refractivity contribution in [2.24, 2.45) is 5.92 Å². The first-order valence-electron chi connectivity index (χ1n) is 11.9. The summed E-state index contributed by atoms with van der Waals surface area (Å²) in [5, 5.41) is 2.66. The predicted octanol–water partition coefficient (Wildman–Crippen LogP) is 5.60. The van der Waals surface area contributed by atoms with Gasteiger partial charge in [0.2, 0.25) is 0 Å². The molecule has 1 aromatic rings. The average molecular weight is 498 g/mol. The van der Waals surface area contributed by atoms with Gasteiger partial charge in [-0.3, -0.25) is 0 Å². The van der Waals surface area contributed by atoms with Gasteiger partial charge < -0.3 is 24.3 Å². The number of thioether (sulfide) groups is 1. The molecule has 1 rings (SSSR count). The largest absolute Gasteiger partial charge is 0.497 e. The molecular weight excluding hydrogens is 454 g/mol. The fourth-order valence-electron chi connectivity index (χ4n) is 3.61. The van der Waals surface area contributed by atoms with Crippen molar-refractivity contribution in [2.75, 3.05) is 26.2 Å². The summed E-state index contributed by atoms with van der Waals surface area (Å²) in [5.41, 5.74) is 0.484. The minimum atomic E-state index is -0.718. The van der Waals surface area contributed by atoms with Gasteiger partial charge in [-0.2, -0.15) is 11.8 Å². The minimum absolute atomic E-state index is 0.116. The van der Waals surface area contributed by atoms with E-state index in [4.69, 9.17) is 18.9 Å². The SMILES string of the molecule is COC(=O)C(CCCC(CCSC)CC(C)OCc1ccc(OC)cc1)NC(=O)OC(C)(C)C. The van der Waals surface area contributed by atoms with Gasteiger partial charge in [0.25, 0.3) is 0 Å². The van der Waals surface area contributed by atoms with Crippen LogP contribution >= 0.6 is 11.8 Å². The fraction of sp³-hybridized carbons (Fsp3) is 0.692. The Morgan fingerprint density at radius 3 is 2.29 bits per heavy atom. The molecule has 0 fully saturated rings. The molecule has 0 aliphatic rings. The highest BCUT2D eigenvalue weighted by atomic mass is 32.2. The summed E-state index contributed by atoms with van der Waals surface area (Å²) >= 11 is 1.83. The molecule has 8 heteroatoms. The quantitative estimate of drug-likeness (QED) is 0.316. The van der Waals surface area contributed by atoms with Crippen LogP contribution in [0.1, 0.15) is 65.4 Å². The number of alkyl carbamates (subject to hydrolysis) is 1. The van der Waals surface area contributed by atoms with Crippen LogP contribution in [0.2, 0.25) is 0 Å². The lowest BCUT2D eigenvalue weighted by Crippen LogP contribution is -2.44. The Labute approximate surface area is 209 Å². The topological polar surface area (TPSA) is 83.1 Å². The maximum absolute atomic E-state index is 12.2. The van der Waals surface area contributed by atoms with Gasteiger partial charge in [0, 0.05) is 0 Å². The van der Waals surface area contributed by atoms with Crippen LogP contribution in [0.25, 0.3) is 0 Å². The smallest absolute Gasteiger partial charge is 0.408 e. The summed E-state index contributed by atoms with van der Waals surface area (Å²) < 4.78 is 21.5. The van der Waals surface area contributed by atoms with Gasteiger partial charge in [0.1, 0.15) is 17.4 Å². The molecule has 7 nitrogen and oxygen atoms in total. The van der Waals surface area contributed by atoms with Crippen molar-refractivity contribution in [3.05, 3.63) is 29.8 Å². The molecular formula is C26H43NO6S. The van der Waals surface area contributed by atoms with E-state index in [9.17, 15) is 9.59 Å². The molecule has 1 N–H and O–H groups in total. The van der Waals surface area contributed by atoms with Crippen LogP contribution in [-0.2, 0) is 25.6 Å². The molecule has 0 aliphatic carbocycles. The number of methoxy groups -OCH3 is 2. The zero-order chi connectivity index (χ0) is 25.6. The first-order valence-corrected chi connectivity index (χ1v) is 13.3. The second kappa shape index (κ2) is 15.9. The van der Waals surface area contributed by atoms with Gasteiger partial charge in [-0.15, -0.1) is 0 Å². The van der Waals surface area contributed by atoms with Gasteiger partial charge in [-0.05, 0) is 82.6 Å². The highest BCUT2D eigenvalue weighted by molar-refractivity contribution is 7.98. The Morgan fingerprint density at radius 2 is 1.74 bits per heavy atom. The van der Waals surface area contributed by atoms with E-state index in [2.05, 4.69) is 18.5 Å². The Hall–Kier alpha value is -1.93. The van der Waals surface area contributed by atoms with Crippen molar-refractivity contribution in [2.45, 2.75) is 84.2 Å². The molecule has 3 unspecified atom stereocenters. The normalized spacial score (nSPS) is 14.1. The fourth-order valence-corrected chi connectivity index (χ4v) is 4.18. The van der Waals surface area contributed by atoms with E-state index in [-0.39, 0.29) is 6.10 Å². The molecule has 0 bridgehead atoms. The van der Waals surface area contributed by atoms with E-state index in [1.54, 1.807) is 27.9 Å². The van der Waals surface area contributed by atoms with Crippen molar-refractivity contribution < 1.29 is 28.5 Å². The molecule has 194 valence electrons.